The summed E-state index contributed by atoms with van der Waals surface area (Å²) in [6.45, 7) is 3.93. The minimum Gasteiger partial charge on any atom is -0.379 e. The first-order valence-corrected chi connectivity index (χ1v) is 14.5. The fourth-order valence-electron chi connectivity index (χ4n) is 4.42. The van der Waals surface area contributed by atoms with Crippen LogP contribution in [0.5, 0.6) is 0 Å². The summed E-state index contributed by atoms with van der Waals surface area (Å²) in [7, 11) is -3.69. The van der Waals surface area contributed by atoms with Gasteiger partial charge < -0.3 is 19.7 Å². The summed E-state index contributed by atoms with van der Waals surface area (Å²) in [5.74, 6) is 0. The lowest BCUT2D eigenvalue weighted by Gasteiger charge is -2.31. The molecule has 1 aromatic heterocycles. The van der Waals surface area contributed by atoms with Crippen LogP contribution in [0.25, 0.3) is 0 Å². The highest BCUT2D eigenvalue weighted by molar-refractivity contribution is 7.89. The molecule has 0 atom stereocenters. The van der Waals surface area contributed by atoms with Gasteiger partial charge in [-0.25, -0.2) is 8.42 Å². The number of sulfonamides is 1. The number of benzene rings is 2. The maximum atomic E-state index is 13.4. The molecule has 2 aliphatic rings. The number of anilines is 2. The molecular weight excluding hydrogens is 536 g/mol. The Morgan fingerprint density at radius 2 is 1.59 bits per heavy atom. The number of nitrogens with zero attached hydrogens (tertiary/aromatic N) is 4. The van der Waals surface area contributed by atoms with Gasteiger partial charge in [0.05, 0.1) is 48.4 Å². The van der Waals surface area contributed by atoms with Gasteiger partial charge in [0.2, 0.25) is 10.0 Å². The smallest absolute Gasteiger partial charge is 0.243 e. The molecule has 0 unspecified atom stereocenters. The Balaban J connectivity index is 1.43. The van der Waals surface area contributed by atoms with Crippen LogP contribution in [0.2, 0.25) is 0 Å². The van der Waals surface area contributed by atoms with Crippen LogP contribution in [0.1, 0.15) is 11.3 Å². The molecule has 2 saturated heterocycles. The summed E-state index contributed by atoms with van der Waals surface area (Å²) in [6.07, 6.45) is 1.71. The Kier molecular flexibility index (Phi) is 8.79. The van der Waals surface area contributed by atoms with Crippen LogP contribution in [-0.4, -0.2) is 81.1 Å². The molecule has 39 heavy (non-hydrogen) atoms. The van der Waals surface area contributed by atoms with E-state index in [4.69, 9.17) is 21.7 Å². The van der Waals surface area contributed by atoms with Gasteiger partial charge in [0.25, 0.3) is 0 Å². The number of ether oxygens (including phenoxy) is 2. The SMILES string of the molecule is O=S(=O)(c1ccc(N2CCOCC2)c(NC(=S)N/N=C(\c2ccccc2)c2ccccn2)c1)N1CCOCC1. The van der Waals surface area contributed by atoms with Crippen LogP contribution in [0.4, 0.5) is 11.4 Å². The van der Waals surface area contributed by atoms with E-state index in [0.29, 0.717) is 69.7 Å². The van der Waals surface area contributed by atoms with E-state index in [9.17, 15) is 8.42 Å². The van der Waals surface area contributed by atoms with Crippen LogP contribution >= 0.6 is 12.2 Å². The third-order valence-electron chi connectivity index (χ3n) is 6.40. The first kappa shape index (κ1) is 27.2. The van der Waals surface area contributed by atoms with Crippen molar-refractivity contribution in [1.82, 2.24) is 14.7 Å². The van der Waals surface area contributed by atoms with Crippen molar-refractivity contribution in [3.05, 3.63) is 84.2 Å². The molecule has 0 saturated carbocycles. The fourth-order valence-corrected chi connectivity index (χ4v) is 6.01. The summed E-state index contributed by atoms with van der Waals surface area (Å²) in [4.78, 5) is 6.78. The number of aromatic nitrogens is 1. The highest BCUT2D eigenvalue weighted by Gasteiger charge is 2.28. The van der Waals surface area contributed by atoms with E-state index in [2.05, 4.69) is 25.7 Å². The highest BCUT2D eigenvalue weighted by atomic mass is 32.2. The number of nitrogens with one attached hydrogen (secondary N) is 2. The van der Waals surface area contributed by atoms with Crippen molar-refractivity contribution in [2.45, 2.75) is 4.90 Å². The molecule has 0 amide bonds. The second-order valence-corrected chi connectivity index (χ2v) is 11.2. The van der Waals surface area contributed by atoms with Gasteiger partial charge in [0, 0.05) is 37.9 Å². The summed E-state index contributed by atoms with van der Waals surface area (Å²) < 4.78 is 39.0. The molecule has 10 nitrogen and oxygen atoms in total. The summed E-state index contributed by atoms with van der Waals surface area (Å²) in [5, 5.41) is 7.98. The molecular formula is C27H30N6O4S2. The van der Waals surface area contributed by atoms with Crippen molar-refractivity contribution < 1.29 is 17.9 Å². The molecule has 204 valence electrons. The van der Waals surface area contributed by atoms with Gasteiger partial charge >= 0.3 is 0 Å². The van der Waals surface area contributed by atoms with Crippen LogP contribution in [0.3, 0.4) is 0 Å². The number of hydrogen-bond donors (Lipinski definition) is 2. The normalized spacial score (nSPS) is 17.0. The standard InChI is InChI=1S/C27H30N6O4S2/c34-39(35,33-14-18-37-19-15-33)22-9-10-25(32-12-16-36-17-13-32)24(20-22)29-27(38)31-30-26(21-6-2-1-3-7-21)23-8-4-5-11-28-23/h1-11,20H,12-19H2,(H2,29,31,38)/b30-26+. The molecule has 0 bridgehead atoms. The number of thiocarbonyl (C=S) groups is 1. The Morgan fingerprint density at radius 1 is 0.897 bits per heavy atom. The van der Waals surface area contributed by atoms with Crippen LogP contribution in [0.15, 0.2) is 82.9 Å². The highest BCUT2D eigenvalue weighted by Crippen LogP contribution is 2.31. The Morgan fingerprint density at radius 3 is 2.28 bits per heavy atom. The second kappa shape index (κ2) is 12.6. The van der Waals surface area contributed by atoms with Crippen molar-refractivity contribution >= 4 is 44.4 Å². The average Bonchev–Trinajstić information content (AvgIpc) is 2.99. The van der Waals surface area contributed by atoms with Crippen molar-refractivity contribution in [3.8, 4) is 0 Å². The van der Waals surface area contributed by atoms with E-state index in [1.165, 1.54) is 4.31 Å². The van der Waals surface area contributed by atoms with Crippen LogP contribution in [0, 0.1) is 0 Å². The molecule has 0 spiro atoms. The lowest BCUT2D eigenvalue weighted by atomic mass is 10.1. The zero-order valence-electron chi connectivity index (χ0n) is 21.3. The molecule has 2 fully saturated rings. The minimum atomic E-state index is -3.69. The maximum Gasteiger partial charge on any atom is 0.243 e. The van der Waals surface area contributed by atoms with Crippen molar-refractivity contribution in [1.29, 1.82) is 0 Å². The Bertz CT molecular complexity index is 1370. The molecule has 0 radical (unpaired) electrons. The molecule has 3 aromatic rings. The molecule has 12 heteroatoms. The largest absolute Gasteiger partial charge is 0.379 e. The number of morpholine rings is 2. The first-order chi connectivity index (χ1) is 19.0. The minimum absolute atomic E-state index is 0.189. The van der Waals surface area contributed by atoms with Gasteiger partial charge in [-0.15, -0.1) is 0 Å². The maximum absolute atomic E-state index is 13.4. The number of hydrazone groups is 1. The van der Waals surface area contributed by atoms with Gasteiger partial charge in [-0.1, -0.05) is 36.4 Å². The summed E-state index contributed by atoms with van der Waals surface area (Å²) >= 11 is 5.61. The van der Waals surface area contributed by atoms with Gasteiger partial charge in [-0.2, -0.15) is 9.41 Å². The topological polar surface area (TPSA) is 108 Å². The van der Waals surface area contributed by atoms with Crippen LogP contribution < -0.4 is 15.6 Å². The first-order valence-electron chi connectivity index (χ1n) is 12.7. The van der Waals surface area contributed by atoms with Crippen LogP contribution in [-0.2, 0) is 19.5 Å². The monoisotopic (exact) mass is 566 g/mol. The third-order valence-corrected chi connectivity index (χ3v) is 8.49. The van der Waals surface area contributed by atoms with E-state index in [0.717, 1.165) is 11.3 Å². The van der Waals surface area contributed by atoms with Crippen molar-refractivity contribution in [2.24, 2.45) is 5.10 Å². The molecule has 0 aliphatic carbocycles. The zero-order chi connectivity index (χ0) is 27.1. The van der Waals surface area contributed by atoms with Crippen molar-refractivity contribution in [2.75, 3.05) is 62.8 Å². The van der Waals surface area contributed by atoms with Gasteiger partial charge in [-0.3, -0.25) is 10.4 Å². The predicted octanol–water partition coefficient (Wildman–Crippen LogP) is 2.68. The molecule has 3 heterocycles. The third kappa shape index (κ3) is 6.60. The van der Waals surface area contributed by atoms with E-state index in [-0.39, 0.29) is 10.0 Å². The molecule has 2 aromatic carbocycles. The van der Waals surface area contributed by atoms with Gasteiger partial charge in [-0.05, 0) is 42.5 Å². The summed E-state index contributed by atoms with van der Waals surface area (Å²) in [5.41, 5.74) is 6.51. The van der Waals surface area contributed by atoms with Gasteiger partial charge in [0.15, 0.2) is 5.11 Å². The summed E-state index contributed by atoms with van der Waals surface area (Å²) in [6, 6.07) is 20.4. The molecule has 2 aliphatic heterocycles. The van der Waals surface area contributed by atoms with E-state index in [1.54, 1.807) is 18.3 Å². The lowest BCUT2D eigenvalue weighted by molar-refractivity contribution is 0.0730. The zero-order valence-corrected chi connectivity index (χ0v) is 23.0. The number of rotatable bonds is 7. The molecule has 2 N–H and O–H groups in total. The predicted molar refractivity (Wildman–Crippen MR) is 155 cm³/mol. The van der Waals surface area contributed by atoms with E-state index in [1.807, 2.05) is 54.6 Å². The van der Waals surface area contributed by atoms with E-state index < -0.39 is 10.0 Å². The number of hydrogen-bond acceptors (Lipinski definition) is 8. The lowest BCUT2D eigenvalue weighted by Crippen LogP contribution is -2.40. The van der Waals surface area contributed by atoms with Gasteiger partial charge in [0.1, 0.15) is 5.71 Å². The number of pyridine rings is 1. The second-order valence-electron chi connectivity index (χ2n) is 8.90. The van der Waals surface area contributed by atoms with E-state index >= 15 is 0 Å². The fraction of sp³-hybridized carbons (Fsp3) is 0.296. The molecule has 5 rings (SSSR count). The Hall–Kier alpha value is -3.42. The van der Waals surface area contributed by atoms with Crippen molar-refractivity contribution in [3.63, 3.8) is 0 Å². The quantitative estimate of drug-likeness (QED) is 0.254. The average molecular weight is 567 g/mol. The Labute approximate surface area is 233 Å².